The van der Waals surface area contributed by atoms with E-state index in [1.807, 2.05) is 0 Å². The lowest BCUT2D eigenvalue weighted by molar-refractivity contribution is 0.530. The zero-order chi connectivity index (χ0) is 12.7. The van der Waals surface area contributed by atoms with Crippen molar-refractivity contribution in [2.45, 2.75) is 24.7 Å². The van der Waals surface area contributed by atoms with Crippen LogP contribution in [-0.4, -0.2) is 15.0 Å². The number of benzene rings is 1. The quantitative estimate of drug-likeness (QED) is 0.916. The second kappa shape index (κ2) is 4.53. The average Bonchev–Trinajstić information content (AvgIpc) is 2.94. The van der Waals surface area contributed by atoms with Crippen molar-refractivity contribution in [1.82, 2.24) is 4.72 Å². The first kappa shape index (κ1) is 13.3. The largest absolute Gasteiger partial charge is 0.242 e. The van der Waals surface area contributed by atoms with Crippen molar-refractivity contribution in [2.75, 3.05) is 6.54 Å². The molecule has 1 N–H and O–H groups in total. The van der Waals surface area contributed by atoms with E-state index in [9.17, 15) is 8.42 Å². The number of hydrogen-bond acceptors (Lipinski definition) is 2. The maximum Gasteiger partial charge on any atom is 0.242 e. The Morgan fingerprint density at radius 3 is 2.65 bits per heavy atom. The average molecular weight is 339 g/mol. The van der Waals surface area contributed by atoms with Crippen LogP contribution in [0.2, 0.25) is 5.02 Å². The molecule has 0 unspecified atom stereocenters. The van der Waals surface area contributed by atoms with Crippen LogP contribution in [0.25, 0.3) is 0 Å². The van der Waals surface area contributed by atoms with E-state index < -0.39 is 10.0 Å². The first-order valence-corrected chi connectivity index (χ1v) is 7.93. The summed E-state index contributed by atoms with van der Waals surface area (Å²) < 4.78 is 27.4. The molecule has 2 rings (SSSR count). The third-order valence-corrected chi connectivity index (χ3v) is 5.35. The highest BCUT2D eigenvalue weighted by atomic mass is 79.9. The molecule has 0 aromatic heterocycles. The Morgan fingerprint density at radius 2 is 2.12 bits per heavy atom. The summed E-state index contributed by atoms with van der Waals surface area (Å²) in [7, 11) is -3.50. The fraction of sp³-hybridized carbons (Fsp3) is 0.455. The SMILES string of the molecule is CC1(CNS(=O)(=O)c2ccc(Br)cc2Cl)CC1. The van der Waals surface area contributed by atoms with Crippen LogP contribution in [0.15, 0.2) is 27.6 Å². The van der Waals surface area contributed by atoms with Gasteiger partial charge in [-0.2, -0.15) is 0 Å². The summed E-state index contributed by atoms with van der Waals surface area (Å²) in [6, 6.07) is 4.75. The molecule has 0 aliphatic heterocycles. The lowest BCUT2D eigenvalue weighted by Crippen LogP contribution is -2.29. The van der Waals surface area contributed by atoms with E-state index in [-0.39, 0.29) is 15.3 Å². The number of halogens is 2. The fourth-order valence-electron chi connectivity index (χ4n) is 1.43. The standard InChI is InChI=1S/C11H13BrClNO2S/c1-11(4-5-11)7-14-17(15,16)10-3-2-8(12)6-9(10)13/h2-3,6,14H,4-5,7H2,1H3. The summed E-state index contributed by atoms with van der Waals surface area (Å²) in [5.41, 5.74) is 0.134. The maximum atomic E-state index is 12.0. The Morgan fingerprint density at radius 1 is 1.47 bits per heavy atom. The van der Waals surface area contributed by atoms with Crippen LogP contribution in [0.4, 0.5) is 0 Å². The van der Waals surface area contributed by atoms with Crippen molar-refractivity contribution in [1.29, 1.82) is 0 Å². The van der Waals surface area contributed by atoms with Crippen LogP contribution in [0, 0.1) is 5.41 Å². The van der Waals surface area contributed by atoms with E-state index in [0.29, 0.717) is 6.54 Å². The van der Waals surface area contributed by atoms with Crippen LogP contribution in [0.3, 0.4) is 0 Å². The second-order valence-corrected chi connectivity index (χ2v) is 7.77. The summed E-state index contributed by atoms with van der Waals surface area (Å²) in [5, 5.41) is 0.229. The molecule has 1 saturated carbocycles. The van der Waals surface area contributed by atoms with Gasteiger partial charge in [0.2, 0.25) is 10.0 Å². The molecule has 0 heterocycles. The molecule has 6 heteroatoms. The van der Waals surface area contributed by atoms with Gasteiger partial charge in [0.15, 0.2) is 0 Å². The third kappa shape index (κ3) is 3.22. The molecular formula is C11H13BrClNO2S. The van der Waals surface area contributed by atoms with Crippen LogP contribution in [-0.2, 0) is 10.0 Å². The van der Waals surface area contributed by atoms with Crippen molar-refractivity contribution in [3.05, 3.63) is 27.7 Å². The molecule has 0 amide bonds. The Labute approximate surface area is 115 Å². The number of sulfonamides is 1. The van der Waals surface area contributed by atoms with Gasteiger partial charge in [0.25, 0.3) is 0 Å². The second-order valence-electron chi connectivity index (χ2n) is 4.71. The maximum absolute atomic E-state index is 12.0. The predicted octanol–water partition coefficient (Wildman–Crippen LogP) is 3.18. The fourth-order valence-corrected chi connectivity index (χ4v) is 3.67. The van der Waals surface area contributed by atoms with Gasteiger partial charge < -0.3 is 0 Å². The van der Waals surface area contributed by atoms with Gasteiger partial charge in [-0.05, 0) is 36.5 Å². The van der Waals surface area contributed by atoms with E-state index >= 15 is 0 Å². The Bertz CT molecular complexity index is 540. The van der Waals surface area contributed by atoms with Crippen molar-refractivity contribution >= 4 is 37.6 Å². The molecule has 1 aliphatic rings. The predicted molar refractivity (Wildman–Crippen MR) is 71.7 cm³/mol. The molecular weight excluding hydrogens is 326 g/mol. The molecule has 0 saturated heterocycles. The molecule has 0 atom stereocenters. The Hall–Kier alpha value is -0.100. The molecule has 94 valence electrons. The summed E-state index contributed by atoms with van der Waals surface area (Å²) >= 11 is 9.17. The van der Waals surface area contributed by atoms with E-state index in [2.05, 4.69) is 27.6 Å². The molecule has 0 radical (unpaired) electrons. The topological polar surface area (TPSA) is 46.2 Å². The van der Waals surface area contributed by atoms with E-state index in [1.165, 1.54) is 6.07 Å². The van der Waals surface area contributed by atoms with E-state index in [4.69, 9.17) is 11.6 Å². The molecule has 0 spiro atoms. The number of rotatable bonds is 4. The van der Waals surface area contributed by atoms with Gasteiger partial charge in [0.1, 0.15) is 4.90 Å². The molecule has 1 aromatic carbocycles. The van der Waals surface area contributed by atoms with Crippen LogP contribution in [0.5, 0.6) is 0 Å². The van der Waals surface area contributed by atoms with Crippen molar-refractivity contribution in [3.8, 4) is 0 Å². The highest BCUT2D eigenvalue weighted by Gasteiger charge is 2.38. The van der Waals surface area contributed by atoms with Gasteiger partial charge in [-0.15, -0.1) is 0 Å². The minimum absolute atomic E-state index is 0.131. The first-order chi connectivity index (χ1) is 7.82. The molecule has 1 fully saturated rings. The summed E-state index contributed by atoms with van der Waals surface area (Å²) in [6.07, 6.45) is 2.15. The molecule has 17 heavy (non-hydrogen) atoms. The summed E-state index contributed by atoms with van der Waals surface area (Å²) in [4.78, 5) is 0.131. The third-order valence-electron chi connectivity index (χ3n) is 2.98. The summed E-state index contributed by atoms with van der Waals surface area (Å²) in [6.45, 7) is 2.54. The van der Waals surface area contributed by atoms with Crippen LogP contribution >= 0.6 is 27.5 Å². The lowest BCUT2D eigenvalue weighted by atomic mass is 10.2. The van der Waals surface area contributed by atoms with Crippen molar-refractivity contribution in [2.24, 2.45) is 5.41 Å². The Balaban J connectivity index is 2.19. The molecule has 1 aliphatic carbocycles. The van der Waals surface area contributed by atoms with Gasteiger partial charge in [-0.1, -0.05) is 34.5 Å². The Kier molecular flexibility index (Phi) is 3.56. The van der Waals surface area contributed by atoms with Gasteiger partial charge in [-0.3, -0.25) is 0 Å². The zero-order valence-corrected chi connectivity index (χ0v) is 12.5. The highest BCUT2D eigenvalue weighted by molar-refractivity contribution is 9.10. The summed E-state index contributed by atoms with van der Waals surface area (Å²) in [5.74, 6) is 0. The minimum atomic E-state index is -3.50. The smallest absolute Gasteiger partial charge is 0.211 e. The molecule has 3 nitrogen and oxygen atoms in total. The monoisotopic (exact) mass is 337 g/mol. The van der Waals surface area contributed by atoms with Crippen molar-refractivity contribution in [3.63, 3.8) is 0 Å². The number of nitrogens with one attached hydrogen (secondary N) is 1. The van der Waals surface area contributed by atoms with Gasteiger partial charge in [0.05, 0.1) is 5.02 Å². The van der Waals surface area contributed by atoms with E-state index in [0.717, 1.165) is 17.3 Å². The first-order valence-electron chi connectivity index (χ1n) is 5.27. The van der Waals surface area contributed by atoms with Crippen LogP contribution < -0.4 is 4.72 Å². The van der Waals surface area contributed by atoms with Crippen molar-refractivity contribution < 1.29 is 8.42 Å². The molecule has 0 bridgehead atoms. The van der Waals surface area contributed by atoms with Gasteiger partial charge >= 0.3 is 0 Å². The highest BCUT2D eigenvalue weighted by Crippen LogP contribution is 2.44. The number of hydrogen-bond donors (Lipinski definition) is 1. The normalized spacial score (nSPS) is 18.1. The minimum Gasteiger partial charge on any atom is -0.211 e. The van der Waals surface area contributed by atoms with Crippen LogP contribution in [0.1, 0.15) is 19.8 Å². The lowest BCUT2D eigenvalue weighted by Gasteiger charge is -2.11. The zero-order valence-electron chi connectivity index (χ0n) is 9.33. The molecule has 1 aromatic rings. The van der Waals surface area contributed by atoms with Gasteiger partial charge in [0, 0.05) is 11.0 Å². The van der Waals surface area contributed by atoms with Gasteiger partial charge in [-0.25, -0.2) is 13.1 Å². The van der Waals surface area contributed by atoms with E-state index in [1.54, 1.807) is 12.1 Å².